The lowest BCUT2D eigenvalue weighted by Crippen LogP contribution is -2.44. The Kier molecular flexibility index (Phi) is 6.64. The van der Waals surface area contributed by atoms with Crippen molar-refractivity contribution in [2.45, 2.75) is 78.0 Å². The minimum absolute atomic E-state index is 0.000339. The minimum atomic E-state index is -0.510. The van der Waals surface area contributed by atoms with E-state index >= 15 is 0 Å². The van der Waals surface area contributed by atoms with Gasteiger partial charge in [-0.3, -0.25) is 9.36 Å². The fourth-order valence-electron chi connectivity index (χ4n) is 3.88. The maximum absolute atomic E-state index is 12.7. The normalized spacial score (nSPS) is 18.1. The van der Waals surface area contributed by atoms with E-state index in [0.29, 0.717) is 32.1 Å². The third kappa shape index (κ3) is 5.83. The number of aromatic nitrogens is 3. The van der Waals surface area contributed by atoms with Crippen molar-refractivity contribution in [3.63, 3.8) is 0 Å². The van der Waals surface area contributed by atoms with Gasteiger partial charge in [-0.15, -0.1) is 0 Å². The van der Waals surface area contributed by atoms with Crippen molar-refractivity contribution in [2.24, 2.45) is 5.92 Å². The molecule has 1 saturated heterocycles. The molecule has 0 saturated carbocycles. The van der Waals surface area contributed by atoms with Gasteiger partial charge in [0.15, 0.2) is 0 Å². The molecule has 0 radical (unpaired) electrons. The van der Waals surface area contributed by atoms with Gasteiger partial charge in [0.2, 0.25) is 5.91 Å². The fraction of sp³-hybridized carbons (Fsp3) is 0.800. The Labute approximate surface area is 171 Å². The van der Waals surface area contributed by atoms with Gasteiger partial charge >= 0.3 is 11.8 Å². The van der Waals surface area contributed by atoms with Crippen molar-refractivity contribution >= 4 is 12.0 Å². The molecule has 0 aliphatic carbocycles. The molecule has 0 atom stereocenters. The van der Waals surface area contributed by atoms with Gasteiger partial charge in [0.25, 0.3) is 0 Å². The Bertz CT molecular complexity index is 784. The number of alkyl carbamates (subject to hydrolysis) is 1. The number of fused-ring (bicyclic) bond motifs is 1. The molecule has 0 unspecified atom stereocenters. The number of amides is 2. The van der Waals surface area contributed by atoms with Gasteiger partial charge in [-0.2, -0.15) is 5.10 Å². The lowest BCUT2D eigenvalue weighted by atomic mass is 9.97. The van der Waals surface area contributed by atoms with E-state index in [0.717, 1.165) is 44.3 Å². The van der Waals surface area contributed by atoms with Gasteiger partial charge in [-0.1, -0.05) is 6.42 Å². The van der Waals surface area contributed by atoms with E-state index in [1.165, 1.54) is 4.68 Å². The van der Waals surface area contributed by atoms with Gasteiger partial charge in [-0.25, -0.2) is 14.3 Å². The van der Waals surface area contributed by atoms with Crippen molar-refractivity contribution in [3.8, 4) is 0 Å². The monoisotopic (exact) mass is 407 g/mol. The third-order valence-corrected chi connectivity index (χ3v) is 5.47. The lowest BCUT2D eigenvalue weighted by Gasteiger charge is -2.32. The second-order valence-corrected chi connectivity index (χ2v) is 9.03. The maximum Gasteiger partial charge on any atom is 0.407 e. The second-order valence-electron chi connectivity index (χ2n) is 9.03. The first-order chi connectivity index (χ1) is 13.7. The molecule has 0 bridgehead atoms. The topological polar surface area (TPSA) is 98.5 Å². The number of piperidine rings is 1. The van der Waals surface area contributed by atoms with Crippen molar-refractivity contribution in [1.82, 2.24) is 24.6 Å². The van der Waals surface area contributed by atoms with Crippen molar-refractivity contribution < 1.29 is 14.3 Å². The standard InChI is InChI=1S/C20H33N5O4/c1-20(2,3)29-18(27)21-13-15-8-11-23(12-9-15)17(26)14-25-19(28)24-10-6-4-5-7-16(24)22-25/h15H,4-14H2,1-3H3,(H,21,27). The van der Waals surface area contributed by atoms with Crippen molar-refractivity contribution in [3.05, 3.63) is 16.3 Å². The summed E-state index contributed by atoms with van der Waals surface area (Å²) in [6.07, 6.45) is 5.15. The molecule has 0 spiro atoms. The summed E-state index contributed by atoms with van der Waals surface area (Å²) in [6.45, 7) is 7.99. The predicted octanol–water partition coefficient (Wildman–Crippen LogP) is 1.53. The molecule has 9 heteroatoms. The molecule has 0 aromatic carbocycles. The number of carbonyl (C=O) groups is 2. The number of likely N-dealkylation sites (tertiary alicyclic amines) is 1. The quantitative estimate of drug-likeness (QED) is 0.816. The number of aryl methyl sites for hydroxylation is 1. The van der Waals surface area contributed by atoms with Crippen LogP contribution in [0.25, 0.3) is 0 Å². The molecule has 9 nitrogen and oxygen atoms in total. The Morgan fingerprint density at radius 3 is 2.55 bits per heavy atom. The lowest BCUT2D eigenvalue weighted by molar-refractivity contribution is -0.133. The van der Waals surface area contributed by atoms with Gasteiger partial charge in [0, 0.05) is 32.6 Å². The van der Waals surface area contributed by atoms with Crippen LogP contribution in [0, 0.1) is 5.92 Å². The molecule has 1 N–H and O–H groups in total. The second kappa shape index (κ2) is 9.00. The van der Waals surface area contributed by atoms with Gasteiger partial charge in [-0.05, 0) is 52.4 Å². The number of carbonyl (C=O) groups excluding carboxylic acids is 2. The van der Waals surface area contributed by atoms with Crippen molar-refractivity contribution in [1.29, 1.82) is 0 Å². The molecule has 2 amide bonds. The Balaban J connectivity index is 1.46. The van der Waals surface area contributed by atoms with Crippen LogP contribution in [0.2, 0.25) is 0 Å². The van der Waals surface area contributed by atoms with E-state index in [1.807, 2.05) is 20.8 Å². The third-order valence-electron chi connectivity index (χ3n) is 5.47. The number of ether oxygens (including phenoxy) is 1. The van der Waals surface area contributed by atoms with Crippen LogP contribution in [0.15, 0.2) is 4.79 Å². The van der Waals surface area contributed by atoms with Crippen LogP contribution in [0.5, 0.6) is 0 Å². The molecule has 2 aliphatic rings. The number of hydrogen-bond acceptors (Lipinski definition) is 5. The van der Waals surface area contributed by atoms with E-state index in [1.54, 1.807) is 9.47 Å². The first-order valence-corrected chi connectivity index (χ1v) is 10.6. The number of nitrogens with zero attached hydrogens (tertiary/aromatic N) is 4. The van der Waals surface area contributed by atoms with E-state index in [-0.39, 0.29) is 18.1 Å². The molecule has 2 aliphatic heterocycles. The van der Waals surface area contributed by atoms with Crippen molar-refractivity contribution in [2.75, 3.05) is 19.6 Å². The van der Waals surface area contributed by atoms with E-state index in [4.69, 9.17) is 4.74 Å². The van der Waals surface area contributed by atoms with Crippen LogP contribution in [-0.2, 0) is 29.0 Å². The Morgan fingerprint density at radius 1 is 1.14 bits per heavy atom. The number of rotatable bonds is 4. The largest absolute Gasteiger partial charge is 0.444 e. The van der Waals surface area contributed by atoms with Crippen LogP contribution in [0.1, 0.15) is 58.7 Å². The number of nitrogens with one attached hydrogen (secondary N) is 1. The highest BCUT2D eigenvalue weighted by Crippen LogP contribution is 2.17. The highest BCUT2D eigenvalue weighted by atomic mass is 16.6. The summed E-state index contributed by atoms with van der Waals surface area (Å²) in [5, 5.41) is 7.21. The SMILES string of the molecule is CC(C)(C)OC(=O)NCC1CCN(C(=O)Cn2nc3n(c2=O)CCCCC3)CC1. The van der Waals surface area contributed by atoms with E-state index in [9.17, 15) is 14.4 Å². The summed E-state index contributed by atoms with van der Waals surface area (Å²) < 4.78 is 8.29. The fourth-order valence-corrected chi connectivity index (χ4v) is 3.88. The Morgan fingerprint density at radius 2 is 1.86 bits per heavy atom. The summed E-state index contributed by atoms with van der Waals surface area (Å²) in [7, 11) is 0. The zero-order valence-corrected chi connectivity index (χ0v) is 17.8. The zero-order chi connectivity index (χ0) is 21.0. The molecule has 1 aromatic heterocycles. The van der Waals surface area contributed by atoms with Gasteiger partial charge < -0.3 is 15.0 Å². The summed E-state index contributed by atoms with van der Waals surface area (Å²) in [5.41, 5.74) is -0.685. The van der Waals surface area contributed by atoms with Crippen LogP contribution >= 0.6 is 0 Å². The average molecular weight is 408 g/mol. The molecule has 1 aromatic rings. The van der Waals surface area contributed by atoms with Gasteiger partial charge in [0.05, 0.1) is 0 Å². The first kappa shape index (κ1) is 21.4. The minimum Gasteiger partial charge on any atom is -0.444 e. The average Bonchev–Trinajstić information content (AvgIpc) is 2.82. The summed E-state index contributed by atoms with van der Waals surface area (Å²) >= 11 is 0. The summed E-state index contributed by atoms with van der Waals surface area (Å²) in [5.74, 6) is 1.05. The summed E-state index contributed by atoms with van der Waals surface area (Å²) in [6, 6.07) is 0. The van der Waals surface area contributed by atoms with Crippen LogP contribution in [0.4, 0.5) is 4.79 Å². The smallest absolute Gasteiger partial charge is 0.407 e. The van der Waals surface area contributed by atoms with Crippen LogP contribution in [0.3, 0.4) is 0 Å². The highest BCUT2D eigenvalue weighted by molar-refractivity contribution is 5.76. The Hall–Kier alpha value is -2.32. The van der Waals surface area contributed by atoms with E-state index in [2.05, 4.69) is 10.4 Å². The maximum atomic E-state index is 12.7. The summed E-state index contributed by atoms with van der Waals surface area (Å²) in [4.78, 5) is 38.7. The van der Waals surface area contributed by atoms with Gasteiger partial charge in [0.1, 0.15) is 18.0 Å². The molecule has 162 valence electrons. The molecular formula is C20H33N5O4. The highest BCUT2D eigenvalue weighted by Gasteiger charge is 2.25. The molecule has 1 fully saturated rings. The molecule has 3 heterocycles. The zero-order valence-electron chi connectivity index (χ0n) is 17.8. The van der Waals surface area contributed by atoms with E-state index < -0.39 is 11.7 Å². The van der Waals surface area contributed by atoms with Crippen LogP contribution < -0.4 is 11.0 Å². The molecule has 29 heavy (non-hydrogen) atoms. The molecular weight excluding hydrogens is 374 g/mol. The first-order valence-electron chi connectivity index (χ1n) is 10.6. The predicted molar refractivity (Wildman–Crippen MR) is 108 cm³/mol. The number of hydrogen-bond donors (Lipinski definition) is 1. The molecule has 3 rings (SSSR count). The van der Waals surface area contributed by atoms with Crippen LogP contribution in [-0.4, -0.2) is 56.5 Å².